The van der Waals surface area contributed by atoms with Crippen molar-refractivity contribution in [1.29, 1.82) is 0 Å². The summed E-state index contributed by atoms with van der Waals surface area (Å²) in [7, 11) is 0. The third kappa shape index (κ3) is 2.16. The molecule has 0 amide bonds. The quantitative estimate of drug-likeness (QED) is 0.603. The van der Waals surface area contributed by atoms with E-state index in [1.54, 1.807) is 6.92 Å². The van der Waals surface area contributed by atoms with Crippen LogP contribution in [0.1, 0.15) is 26.1 Å². The molecule has 0 atom stereocenters. The number of nitrogens with zero attached hydrogens (tertiary/aromatic N) is 2. The molecule has 0 aliphatic heterocycles. The van der Waals surface area contributed by atoms with E-state index in [4.69, 9.17) is 4.74 Å². The van der Waals surface area contributed by atoms with E-state index in [1.165, 1.54) is 0 Å². The SMILES string of the molecule is CCC(=O)Oc1ccc2c(c1)nc(C)n2CC. The smallest absolute Gasteiger partial charge is 0.310 e. The number of esters is 1. The van der Waals surface area contributed by atoms with Crippen LogP contribution in [0.25, 0.3) is 11.0 Å². The summed E-state index contributed by atoms with van der Waals surface area (Å²) >= 11 is 0. The van der Waals surface area contributed by atoms with Crippen LogP contribution >= 0.6 is 0 Å². The fourth-order valence-corrected chi connectivity index (χ4v) is 1.90. The van der Waals surface area contributed by atoms with Crippen LogP contribution in [-0.4, -0.2) is 15.5 Å². The Kier molecular flexibility index (Phi) is 3.13. The highest BCUT2D eigenvalue weighted by molar-refractivity contribution is 5.79. The number of fused-ring (bicyclic) bond motifs is 1. The molecule has 0 bridgehead atoms. The van der Waals surface area contributed by atoms with E-state index >= 15 is 0 Å². The molecule has 1 aromatic heterocycles. The van der Waals surface area contributed by atoms with Gasteiger partial charge in [0.1, 0.15) is 11.6 Å². The number of imidazole rings is 1. The Balaban J connectivity index is 2.41. The summed E-state index contributed by atoms with van der Waals surface area (Å²) in [6.07, 6.45) is 0.375. The Labute approximate surface area is 100 Å². The number of aromatic nitrogens is 2. The van der Waals surface area contributed by atoms with Gasteiger partial charge in [-0.25, -0.2) is 4.98 Å². The molecule has 4 heteroatoms. The molecule has 0 saturated carbocycles. The first kappa shape index (κ1) is 11.6. The molecule has 90 valence electrons. The maximum Gasteiger partial charge on any atom is 0.310 e. The number of aryl methyl sites for hydroxylation is 2. The zero-order valence-corrected chi connectivity index (χ0v) is 10.4. The number of benzene rings is 1. The second-order valence-electron chi connectivity index (χ2n) is 3.88. The van der Waals surface area contributed by atoms with Gasteiger partial charge in [-0.3, -0.25) is 4.79 Å². The van der Waals surface area contributed by atoms with Crippen molar-refractivity contribution in [2.45, 2.75) is 33.7 Å². The van der Waals surface area contributed by atoms with Crippen molar-refractivity contribution in [3.05, 3.63) is 24.0 Å². The molecule has 0 aliphatic carbocycles. The summed E-state index contributed by atoms with van der Waals surface area (Å²) in [5.41, 5.74) is 1.94. The molecule has 0 N–H and O–H groups in total. The van der Waals surface area contributed by atoms with E-state index in [1.807, 2.05) is 25.1 Å². The summed E-state index contributed by atoms with van der Waals surface area (Å²) in [6, 6.07) is 5.56. The molecule has 1 aromatic carbocycles. The lowest BCUT2D eigenvalue weighted by Gasteiger charge is -2.04. The zero-order valence-electron chi connectivity index (χ0n) is 10.4. The van der Waals surface area contributed by atoms with Gasteiger partial charge >= 0.3 is 5.97 Å². The molecular weight excluding hydrogens is 216 g/mol. The Bertz CT molecular complexity index is 558. The summed E-state index contributed by atoms with van der Waals surface area (Å²) in [4.78, 5) is 15.6. The van der Waals surface area contributed by atoms with Crippen molar-refractivity contribution < 1.29 is 9.53 Å². The van der Waals surface area contributed by atoms with Crippen LogP contribution < -0.4 is 4.74 Å². The summed E-state index contributed by atoms with van der Waals surface area (Å²) in [5, 5.41) is 0. The molecule has 17 heavy (non-hydrogen) atoms. The van der Waals surface area contributed by atoms with Crippen molar-refractivity contribution in [3.8, 4) is 5.75 Å². The third-order valence-electron chi connectivity index (χ3n) is 2.75. The van der Waals surface area contributed by atoms with E-state index < -0.39 is 0 Å². The summed E-state index contributed by atoms with van der Waals surface area (Å²) < 4.78 is 7.29. The fourth-order valence-electron chi connectivity index (χ4n) is 1.90. The Morgan fingerprint density at radius 3 is 2.82 bits per heavy atom. The van der Waals surface area contributed by atoms with Gasteiger partial charge in [-0.15, -0.1) is 0 Å². The summed E-state index contributed by atoms with van der Waals surface area (Å²) in [6.45, 7) is 6.72. The number of hydrogen-bond donors (Lipinski definition) is 0. The molecule has 4 nitrogen and oxygen atoms in total. The van der Waals surface area contributed by atoms with Crippen molar-refractivity contribution in [3.63, 3.8) is 0 Å². The monoisotopic (exact) mass is 232 g/mol. The molecule has 2 aromatic rings. The number of carbonyl (C=O) groups excluding carboxylic acids is 1. The molecule has 0 radical (unpaired) electrons. The minimum absolute atomic E-state index is 0.226. The van der Waals surface area contributed by atoms with Gasteiger partial charge in [0.25, 0.3) is 0 Å². The van der Waals surface area contributed by atoms with Crippen LogP contribution in [-0.2, 0) is 11.3 Å². The van der Waals surface area contributed by atoms with Crippen LogP contribution in [0.4, 0.5) is 0 Å². The predicted molar refractivity (Wildman–Crippen MR) is 66.1 cm³/mol. The number of hydrogen-bond acceptors (Lipinski definition) is 3. The second-order valence-corrected chi connectivity index (χ2v) is 3.88. The van der Waals surface area contributed by atoms with E-state index in [2.05, 4.69) is 16.5 Å². The van der Waals surface area contributed by atoms with Crippen molar-refractivity contribution in [2.24, 2.45) is 0 Å². The first-order chi connectivity index (χ1) is 8.15. The topological polar surface area (TPSA) is 44.1 Å². The van der Waals surface area contributed by atoms with Crippen LogP contribution in [0, 0.1) is 6.92 Å². The van der Waals surface area contributed by atoms with Gasteiger partial charge in [0.15, 0.2) is 0 Å². The molecule has 0 spiro atoms. The van der Waals surface area contributed by atoms with Gasteiger partial charge in [0, 0.05) is 19.0 Å². The molecule has 0 fully saturated rings. The van der Waals surface area contributed by atoms with Crippen LogP contribution in [0.3, 0.4) is 0 Å². The largest absolute Gasteiger partial charge is 0.426 e. The highest BCUT2D eigenvalue weighted by Gasteiger charge is 2.08. The van der Waals surface area contributed by atoms with E-state index in [0.29, 0.717) is 12.2 Å². The van der Waals surface area contributed by atoms with E-state index in [-0.39, 0.29) is 5.97 Å². The highest BCUT2D eigenvalue weighted by atomic mass is 16.5. The lowest BCUT2D eigenvalue weighted by molar-refractivity contribution is -0.134. The average Bonchev–Trinajstić information content (AvgIpc) is 2.63. The minimum atomic E-state index is -0.226. The van der Waals surface area contributed by atoms with Gasteiger partial charge in [-0.2, -0.15) is 0 Å². The van der Waals surface area contributed by atoms with Crippen molar-refractivity contribution in [2.75, 3.05) is 0 Å². The van der Waals surface area contributed by atoms with Crippen molar-refractivity contribution >= 4 is 17.0 Å². The number of rotatable bonds is 3. The molecule has 0 unspecified atom stereocenters. The molecular formula is C13H16N2O2. The highest BCUT2D eigenvalue weighted by Crippen LogP contribution is 2.22. The molecule has 2 rings (SSSR count). The van der Waals surface area contributed by atoms with Gasteiger partial charge in [-0.1, -0.05) is 6.92 Å². The predicted octanol–water partition coefficient (Wildman–Crippen LogP) is 2.68. The lowest BCUT2D eigenvalue weighted by Crippen LogP contribution is -2.05. The maximum absolute atomic E-state index is 11.2. The van der Waals surface area contributed by atoms with Gasteiger partial charge in [-0.05, 0) is 26.0 Å². The Morgan fingerprint density at radius 2 is 2.18 bits per heavy atom. The van der Waals surface area contributed by atoms with Gasteiger partial charge < -0.3 is 9.30 Å². The Hall–Kier alpha value is -1.84. The standard InChI is InChI=1S/C13H16N2O2/c1-4-13(16)17-10-6-7-12-11(8-10)14-9(3)15(12)5-2/h6-8H,4-5H2,1-3H3. The average molecular weight is 232 g/mol. The maximum atomic E-state index is 11.2. The summed E-state index contributed by atoms with van der Waals surface area (Å²) in [5.74, 6) is 1.31. The fraction of sp³-hybridized carbons (Fsp3) is 0.385. The van der Waals surface area contributed by atoms with Crippen LogP contribution in [0.15, 0.2) is 18.2 Å². The van der Waals surface area contributed by atoms with Crippen molar-refractivity contribution in [1.82, 2.24) is 9.55 Å². The number of ether oxygens (including phenoxy) is 1. The van der Waals surface area contributed by atoms with Gasteiger partial charge in [0.05, 0.1) is 11.0 Å². The molecule has 1 heterocycles. The van der Waals surface area contributed by atoms with Crippen LogP contribution in [0.2, 0.25) is 0 Å². The lowest BCUT2D eigenvalue weighted by atomic mass is 10.3. The first-order valence-electron chi connectivity index (χ1n) is 5.83. The van der Waals surface area contributed by atoms with Crippen LogP contribution in [0.5, 0.6) is 5.75 Å². The minimum Gasteiger partial charge on any atom is -0.426 e. The molecule has 0 saturated heterocycles. The third-order valence-corrected chi connectivity index (χ3v) is 2.75. The zero-order chi connectivity index (χ0) is 12.4. The van der Waals surface area contributed by atoms with E-state index in [0.717, 1.165) is 23.4 Å². The van der Waals surface area contributed by atoms with E-state index in [9.17, 15) is 4.79 Å². The second kappa shape index (κ2) is 4.57. The first-order valence-corrected chi connectivity index (χ1v) is 5.83. The normalized spacial score (nSPS) is 10.8. The molecule has 0 aliphatic rings. The Morgan fingerprint density at radius 1 is 1.41 bits per heavy atom. The number of carbonyl (C=O) groups is 1. The van der Waals surface area contributed by atoms with Gasteiger partial charge in [0.2, 0.25) is 0 Å².